The van der Waals surface area contributed by atoms with Gasteiger partial charge in [-0.05, 0) is 55.6 Å². The van der Waals surface area contributed by atoms with Crippen molar-refractivity contribution in [3.05, 3.63) is 59.5 Å². The van der Waals surface area contributed by atoms with Crippen molar-refractivity contribution in [2.24, 2.45) is 0 Å². The van der Waals surface area contributed by atoms with Crippen LogP contribution in [-0.4, -0.2) is 42.0 Å². The molecule has 1 aliphatic heterocycles. The van der Waals surface area contributed by atoms with E-state index in [4.69, 9.17) is 5.73 Å². The van der Waals surface area contributed by atoms with Gasteiger partial charge in [0.2, 0.25) is 0 Å². The molecule has 0 unspecified atom stereocenters. The van der Waals surface area contributed by atoms with Crippen LogP contribution in [0, 0.1) is 12.7 Å². The Morgan fingerprint density at radius 1 is 1.32 bits per heavy atom. The van der Waals surface area contributed by atoms with Gasteiger partial charge in [0.25, 0.3) is 5.91 Å². The second kappa shape index (κ2) is 7.20. The molecular formula is C22H23FN4O. The maximum absolute atomic E-state index is 14.4. The lowest BCUT2D eigenvalue weighted by Gasteiger charge is -2.15. The fourth-order valence-corrected chi connectivity index (χ4v) is 3.94. The monoisotopic (exact) mass is 378 g/mol. The molecule has 0 aliphatic carbocycles. The van der Waals surface area contributed by atoms with E-state index >= 15 is 0 Å². The molecule has 5 nitrogen and oxygen atoms in total. The molecule has 0 spiro atoms. The first-order valence-electron chi connectivity index (χ1n) is 9.37. The van der Waals surface area contributed by atoms with Gasteiger partial charge in [-0.3, -0.25) is 4.79 Å². The van der Waals surface area contributed by atoms with Gasteiger partial charge in [0.15, 0.2) is 0 Å². The van der Waals surface area contributed by atoms with E-state index in [-0.39, 0.29) is 23.6 Å². The molecule has 4 rings (SSSR count). The molecule has 0 bridgehead atoms. The molecule has 0 saturated carbocycles. The average Bonchev–Trinajstić information content (AvgIpc) is 3.06. The molecule has 1 saturated heterocycles. The lowest BCUT2D eigenvalue weighted by Crippen LogP contribution is -2.37. The Kier molecular flexibility index (Phi) is 4.73. The van der Waals surface area contributed by atoms with Gasteiger partial charge in [-0.2, -0.15) is 0 Å². The lowest BCUT2D eigenvalue weighted by atomic mass is 9.96. The third-order valence-corrected chi connectivity index (χ3v) is 5.38. The Labute approximate surface area is 163 Å². The highest BCUT2D eigenvalue weighted by atomic mass is 19.1. The highest BCUT2D eigenvalue weighted by Gasteiger charge is 2.24. The summed E-state index contributed by atoms with van der Waals surface area (Å²) in [5.41, 5.74) is 8.58. The first kappa shape index (κ1) is 18.4. The number of hydrogen-bond donors (Lipinski definition) is 2. The molecule has 1 aromatic heterocycles. The van der Waals surface area contributed by atoms with Gasteiger partial charge in [-0.25, -0.2) is 9.37 Å². The number of nitrogens with zero attached hydrogens (tertiary/aromatic N) is 2. The van der Waals surface area contributed by atoms with Gasteiger partial charge in [0.05, 0.1) is 5.56 Å². The maximum atomic E-state index is 14.4. The first-order chi connectivity index (χ1) is 13.4. The molecule has 1 fully saturated rings. The molecule has 3 N–H and O–H groups in total. The highest BCUT2D eigenvalue weighted by Crippen LogP contribution is 2.31. The zero-order valence-electron chi connectivity index (χ0n) is 16.0. The smallest absolute Gasteiger partial charge is 0.255 e. The summed E-state index contributed by atoms with van der Waals surface area (Å²) in [5.74, 6) is -0.289. The van der Waals surface area contributed by atoms with Crippen LogP contribution in [0.5, 0.6) is 0 Å². The molecule has 6 heteroatoms. The number of benzene rings is 2. The van der Waals surface area contributed by atoms with Crippen molar-refractivity contribution in [3.8, 4) is 11.1 Å². The van der Waals surface area contributed by atoms with Crippen LogP contribution in [0.1, 0.15) is 22.3 Å². The number of halogens is 1. The van der Waals surface area contributed by atoms with E-state index in [0.717, 1.165) is 36.0 Å². The third-order valence-electron chi connectivity index (χ3n) is 5.38. The summed E-state index contributed by atoms with van der Waals surface area (Å²) in [6.07, 6.45) is 2.54. The van der Waals surface area contributed by atoms with Crippen molar-refractivity contribution in [2.45, 2.75) is 19.4 Å². The number of nitrogen functional groups attached to an aromatic ring is 1. The minimum Gasteiger partial charge on any atom is -0.383 e. The molecule has 1 aliphatic rings. The number of amides is 1. The Hall–Kier alpha value is -2.99. The molecule has 3 aromatic rings. The average molecular weight is 378 g/mol. The molecule has 2 aromatic carbocycles. The summed E-state index contributed by atoms with van der Waals surface area (Å²) in [6.45, 7) is 3.65. The minimum absolute atomic E-state index is 0.104. The number of nitrogens with two attached hydrogens (primary N) is 1. The minimum atomic E-state index is -0.272. The number of aromatic nitrogens is 1. The number of fused-ring (bicyclic) bond motifs is 1. The number of likely N-dealkylation sites (tertiary alicyclic amines) is 1. The van der Waals surface area contributed by atoms with Crippen LogP contribution in [0.4, 0.5) is 10.2 Å². The van der Waals surface area contributed by atoms with Crippen molar-refractivity contribution >= 4 is 22.5 Å². The number of carbonyl (C=O) groups excluding carboxylic acids is 1. The summed E-state index contributed by atoms with van der Waals surface area (Å²) in [5, 5.41) is 4.53. The van der Waals surface area contributed by atoms with Crippen molar-refractivity contribution in [1.29, 1.82) is 0 Å². The van der Waals surface area contributed by atoms with Gasteiger partial charge in [0, 0.05) is 29.7 Å². The van der Waals surface area contributed by atoms with Crippen molar-refractivity contribution < 1.29 is 9.18 Å². The predicted molar refractivity (Wildman–Crippen MR) is 110 cm³/mol. The fourth-order valence-electron chi connectivity index (χ4n) is 3.94. The number of nitrogens with one attached hydrogen (secondary N) is 1. The van der Waals surface area contributed by atoms with Gasteiger partial charge in [-0.15, -0.1) is 0 Å². The van der Waals surface area contributed by atoms with Gasteiger partial charge in [-0.1, -0.05) is 24.3 Å². The van der Waals surface area contributed by atoms with Crippen LogP contribution in [0.25, 0.3) is 21.9 Å². The summed E-state index contributed by atoms with van der Waals surface area (Å²) < 4.78 is 14.4. The highest BCUT2D eigenvalue weighted by molar-refractivity contribution is 6.11. The largest absolute Gasteiger partial charge is 0.383 e. The number of aryl methyl sites for hydroxylation is 1. The molecule has 28 heavy (non-hydrogen) atoms. The quantitative estimate of drug-likeness (QED) is 0.733. The van der Waals surface area contributed by atoms with E-state index in [1.54, 1.807) is 12.3 Å². The van der Waals surface area contributed by atoms with Crippen molar-refractivity contribution in [3.63, 3.8) is 0 Å². The first-order valence-corrected chi connectivity index (χ1v) is 9.37. The predicted octanol–water partition coefficient (Wildman–Crippen LogP) is 3.37. The van der Waals surface area contributed by atoms with Crippen LogP contribution in [0.15, 0.2) is 42.6 Å². The number of pyridine rings is 1. The van der Waals surface area contributed by atoms with E-state index in [1.165, 1.54) is 6.07 Å². The van der Waals surface area contributed by atoms with Crippen LogP contribution in [0.3, 0.4) is 0 Å². The molecule has 1 amide bonds. The molecule has 2 heterocycles. The normalized spacial score (nSPS) is 17.2. The van der Waals surface area contributed by atoms with Crippen LogP contribution in [-0.2, 0) is 0 Å². The summed E-state index contributed by atoms with van der Waals surface area (Å²) in [4.78, 5) is 19.3. The van der Waals surface area contributed by atoms with Crippen molar-refractivity contribution in [1.82, 2.24) is 15.2 Å². The zero-order chi connectivity index (χ0) is 19.8. The van der Waals surface area contributed by atoms with E-state index in [0.29, 0.717) is 16.5 Å². The van der Waals surface area contributed by atoms with Gasteiger partial charge >= 0.3 is 0 Å². The standard InChI is InChI=1S/C22H23FN4O/c1-13-4-3-5-18(23)19(13)14-6-7-17-15(10-14)11-25-21(24)20(17)22(28)26-16-8-9-27(2)12-16/h3-7,10-11,16H,8-9,12H2,1-2H3,(H2,24,25)(H,26,28)/t16-/m1/s1. The molecule has 144 valence electrons. The topological polar surface area (TPSA) is 71.2 Å². The van der Waals surface area contributed by atoms with Gasteiger partial charge < -0.3 is 16.0 Å². The number of carbonyl (C=O) groups is 1. The summed E-state index contributed by atoms with van der Waals surface area (Å²) in [7, 11) is 2.03. The molecule has 0 radical (unpaired) electrons. The lowest BCUT2D eigenvalue weighted by molar-refractivity contribution is 0.0940. The van der Waals surface area contributed by atoms with E-state index in [2.05, 4.69) is 15.2 Å². The third kappa shape index (κ3) is 3.31. The Morgan fingerprint density at radius 2 is 2.14 bits per heavy atom. The Bertz CT molecular complexity index is 1050. The number of likely N-dealkylation sites (N-methyl/N-ethyl adjacent to an activating group) is 1. The molecule has 1 atom stereocenters. The second-order valence-corrected chi connectivity index (χ2v) is 7.47. The van der Waals surface area contributed by atoms with Crippen LogP contribution in [0.2, 0.25) is 0 Å². The number of anilines is 1. The zero-order valence-corrected chi connectivity index (χ0v) is 16.0. The van der Waals surface area contributed by atoms with Gasteiger partial charge in [0.1, 0.15) is 11.6 Å². The maximum Gasteiger partial charge on any atom is 0.255 e. The molecular weight excluding hydrogens is 355 g/mol. The summed E-state index contributed by atoms with van der Waals surface area (Å²) in [6, 6.07) is 10.6. The van der Waals surface area contributed by atoms with Crippen molar-refractivity contribution in [2.75, 3.05) is 25.9 Å². The second-order valence-electron chi connectivity index (χ2n) is 7.47. The fraction of sp³-hybridized carbons (Fsp3) is 0.273. The Balaban J connectivity index is 1.74. The number of rotatable bonds is 3. The van der Waals surface area contributed by atoms with Crippen LogP contribution < -0.4 is 11.1 Å². The number of hydrogen-bond acceptors (Lipinski definition) is 4. The van der Waals surface area contributed by atoms with Crippen LogP contribution >= 0.6 is 0 Å². The SMILES string of the molecule is Cc1cccc(F)c1-c1ccc2c(C(=O)N[C@@H]3CCN(C)C3)c(N)ncc2c1. The van der Waals surface area contributed by atoms with E-state index < -0.39 is 0 Å². The Morgan fingerprint density at radius 3 is 2.86 bits per heavy atom. The summed E-state index contributed by atoms with van der Waals surface area (Å²) >= 11 is 0. The van der Waals surface area contributed by atoms with E-state index in [9.17, 15) is 9.18 Å². The van der Waals surface area contributed by atoms with E-state index in [1.807, 2.05) is 38.2 Å².